The van der Waals surface area contributed by atoms with Gasteiger partial charge in [0, 0.05) is 30.6 Å². The van der Waals surface area contributed by atoms with Gasteiger partial charge in [0.15, 0.2) is 0 Å². The van der Waals surface area contributed by atoms with Crippen LogP contribution in [0.2, 0.25) is 0 Å². The maximum Gasteiger partial charge on any atom is 0.331 e. The second-order valence-electron chi connectivity index (χ2n) is 10.3. The molecule has 1 aromatic carbocycles. The van der Waals surface area contributed by atoms with Gasteiger partial charge >= 0.3 is 6.03 Å². The molecular weight excluding hydrogens is 461 g/mol. The number of carbonyl (C=O) groups is 3. The van der Waals surface area contributed by atoms with Gasteiger partial charge < -0.3 is 9.29 Å². The topological polar surface area (TPSA) is 111 Å². The van der Waals surface area contributed by atoms with Gasteiger partial charge in [-0.1, -0.05) is 6.07 Å². The van der Waals surface area contributed by atoms with E-state index in [0.29, 0.717) is 45.3 Å². The third kappa shape index (κ3) is 4.86. The van der Waals surface area contributed by atoms with Crippen molar-refractivity contribution in [1.29, 1.82) is 0 Å². The van der Waals surface area contributed by atoms with Crippen LogP contribution >= 0.6 is 0 Å². The zero-order valence-electron chi connectivity index (χ0n) is 19.8. The minimum absolute atomic E-state index is 0.169. The van der Waals surface area contributed by atoms with E-state index in [9.17, 15) is 23.3 Å². The summed E-state index contributed by atoms with van der Waals surface area (Å²) in [6, 6.07) is 3.59. The summed E-state index contributed by atoms with van der Waals surface area (Å²) in [4.78, 5) is 39.6. The van der Waals surface area contributed by atoms with Crippen molar-refractivity contribution >= 4 is 29.2 Å². The Morgan fingerprint density at radius 1 is 1.26 bits per heavy atom. The van der Waals surface area contributed by atoms with Gasteiger partial charge in [-0.3, -0.25) is 19.8 Å². The van der Waals surface area contributed by atoms with Crippen LogP contribution in [0, 0.1) is 11.7 Å². The molecule has 1 aliphatic carbocycles. The van der Waals surface area contributed by atoms with Crippen molar-refractivity contribution in [3.8, 4) is 0 Å². The number of nitrogens with one attached hydrogen (secondary N) is 2. The summed E-state index contributed by atoms with van der Waals surface area (Å²) in [5, 5.41) is 2.34. The van der Waals surface area contributed by atoms with Crippen LogP contribution in [0.4, 0.5) is 9.18 Å². The zero-order chi connectivity index (χ0) is 24.7. The Kier molecular flexibility index (Phi) is 7.06. The van der Waals surface area contributed by atoms with Crippen LogP contribution in [0.3, 0.4) is 0 Å². The zero-order valence-corrected chi connectivity index (χ0v) is 20.6. The van der Waals surface area contributed by atoms with Gasteiger partial charge in [-0.2, -0.15) is 0 Å². The van der Waals surface area contributed by atoms with Gasteiger partial charge in [-0.25, -0.2) is 9.18 Å². The largest absolute Gasteiger partial charge is 0.598 e. The fourth-order valence-electron chi connectivity index (χ4n) is 5.03. The third-order valence-corrected chi connectivity index (χ3v) is 8.65. The van der Waals surface area contributed by atoms with Crippen molar-refractivity contribution in [3.63, 3.8) is 0 Å². The van der Waals surface area contributed by atoms with Crippen LogP contribution in [0.5, 0.6) is 0 Å². The van der Waals surface area contributed by atoms with E-state index in [1.165, 1.54) is 17.0 Å². The molecule has 2 heterocycles. The van der Waals surface area contributed by atoms with E-state index in [1.54, 1.807) is 6.07 Å². The van der Waals surface area contributed by atoms with E-state index < -0.39 is 45.4 Å². The molecule has 3 aliphatic rings. The molecule has 0 spiro atoms. The van der Waals surface area contributed by atoms with Gasteiger partial charge in [0.1, 0.15) is 16.5 Å². The molecule has 4 amide bonds. The molecule has 2 saturated heterocycles. The number of hydrogen-bond acceptors (Lipinski definition) is 6. The number of barbiturate groups is 1. The first kappa shape index (κ1) is 25.1. The lowest BCUT2D eigenvalue weighted by atomic mass is 9.84. The lowest BCUT2D eigenvalue weighted by Gasteiger charge is -2.39. The Morgan fingerprint density at radius 3 is 2.65 bits per heavy atom. The number of fused-ring (bicyclic) bond motifs is 1. The third-order valence-electron chi connectivity index (χ3n) is 6.96. The molecular formula is C24H32FN3O5S. The molecule has 0 saturated carbocycles. The van der Waals surface area contributed by atoms with E-state index in [2.05, 4.69) is 10.0 Å². The first-order chi connectivity index (χ1) is 16.0. The van der Waals surface area contributed by atoms with Crippen molar-refractivity contribution < 1.29 is 28.1 Å². The summed E-state index contributed by atoms with van der Waals surface area (Å²) in [6.45, 7) is 6.50. The Balaban J connectivity index is 1.58. The average Bonchev–Trinajstić information content (AvgIpc) is 3.11. The summed E-state index contributed by atoms with van der Waals surface area (Å²) >= 11 is -1.43. The molecule has 4 rings (SSSR count). The molecule has 10 heteroatoms. The first-order valence-corrected chi connectivity index (χ1v) is 12.9. The molecule has 8 nitrogen and oxygen atoms in total. The van der Waals surface area contributed by atoms with Crippen LogP contribution in [0.25, 0.3) is 0 Å². The quantitative estimate of drug-likeness (QED) is 0.466. The summed E-state index contributed by atoms with van der Waals surface area (Å²) < 4.78 is 35.0. The molecule has 2 aliphatic heterocycles. The predicted molar refractivity (Wildman–Crippen MR) is 124 cm³/mol. The minimum Gasteiger partial charge on any atom is -0.598 e. The molecule has 0 radical (unpaired) electrons. The number of urea groups is 1. The number of nitrogens with zero attached hydrogens (tertiary/aromatic N) is 1. The molecule has 2 N–H and O–H groups in total. The second-order valence-corrected chi connectivity index (χ2v) is 12.3. The molecule has 2 unspecified atom stereocenters. The van der Waals surface area contributed by atoms with Gasteiger partial charge in [0.2, 0.25) is 11.8 Å². The summed E-state index contributed by atoms with van der Waals surface area (Å²) in [6.07, 6.45) is 2.75. The Morgan fingerprint density at radius 2 is 1.97 bits per heavy atom. The molecule has 0 bridgehead atoms. The van der Waals surface area contributed by atoms with E-state index in [1.807, 2.05) is 20.8 Å². The molecule has 1 aromatic rings. The number of aryl methyl sites for hydroxylation is 1. The number of amides is 4. The summed E-state index contributed by atoms with van der Waals surface area (Å²) in [5.41, 5.74) is 0.900. The number of hydrogen-bond donors (Lipinski definition) is 2. The Bertz CT molecular complexity index is 978. The minimum atomic E-state index is -1.43. The van der Waals surface area contributed by atoms with E-state index in [4.69, 9.17) is 4.74 Å². The normalized spacial score (nSPS) is 27.0. The van der Waals surface area contributed by atoms with Crippen molar-refractivity contribution in [3.05, 3.63) is 35.1 Å². The van der Waals surface area contributed by atoms with Gasteiger partial charge in [-0.15, -0.1) is 4.72 Å². The number of carbonyl (C=O) groups excluding carboxylic acids is 3. The lowest BCUT2D eigenvalue weighted by Crippen LogP contribution is -2.62. The van der Waals surface area contributed by atoms with Crippen LogP contribution in [-0.2, 0) is 37.6 Å². The van der Waals surface area contributed by atoms with Crippen LogP contribution in [0.1, 0.15) is 64.0 Å². The van der Waals surface area contributed by atoms with Gasteiger partial charge in [0.25, 0.3) is 0 Å². The maximum absolute atomic E-state index is 13.9. The lowest BCUT2D eigenvalue weighted by molar-refractivity contribution is -0.145. The van der Waals surface area contributed by atoms with Crippen molar-refractivity contribution in [2.75, 3.05) is 13.2 Å². The highest BCUT2D eigenvalue weighted by molar-refractivity contribution is 7.90. The molecule has 3 atom stereocenters. The standard InChI is InChI=1S/C24H32FN3O5S/c1-23(2,3)34(32)27-24(10-6-15-14-16(25)4-5-19(15)24)11-7-18-20(29)26-22(31)28(21(18)30)17-8-12-33-13-9-17/h4-5,14,17-18,27H,6-13H2,1-3H3,(H,26,29,31)/t18?,24-,34?/m1/s1. The average molecular weight is 494 g/mol. The van der Waals surface area contributed by atoms with Crippen molar-refractivity contribution in [1.82, 2.24) is 14.9 Å². The van der Waals surface area contributed by atoms with Crippen LogP contribution < -0.4 is 10.0 Å². The number of benzene rings is 1. The highest BCUT2D eigenvalue weighted by Gasteiger charge is 2.48. The monoisotopic (exact) mass is 493 g/mol. The SMILES string of the molecule is CC(C)(C)[S+]([O-])N[C@@]1(CCC2C(=O)NC(=O)N(C3CCOCC3)C2=O)CCc2cc(F)ccc21. The van der Waals surface area contributed by atoms with Crippen molar-refractivity contribution in [2.45, 2.75) is 75.6 Å². The molecule has 34 heavy (non-hydrogen) atoms. The van der Waals surface area contributed by atoms with E-state index >= 15 is 0 Å². The Hall–Kier alpha value is -2.01. The maximum atomic E-state index is 13.9. The number of rotatable bonds is 6. The van der Waals surface area contributed by atoms with E-state index in [0.717, 1.165) is 11.1 Å². The van der Waals surface area contributed by atoms with Crippen LogP contribution in [0.15, 0.2) is 18.2 Å². The summed E-state index contributed by atoms with van der Waals surface area (Å²) in [7, 11) is 0. The van der Waals surface area contributed by atoms with E-state index in [-0.39, 0.29) is 18.3 Å². The van der Waals surface area contributed by atoms with Gasteiger partial charge in [0.05, 0.1) is 5.54 Å². The Labute approximate surface area is 202 Å². The fourth-order valence-corrected chi connectivity index (χ4v) is 6.01. The number of halogens is 1. The highest BCUT2D eigenvalue weighted by atomic mass is 32.2. The summed E-state index contributed by atoms with van der Waals surface area (Å²) in [5.74, 6) is -2.46. The molecule has 0 aromatic heterocycles. The number of ether oxygens (including phenoxy) is 1. The molecule has 2 fully saturated rings. The predicted octanol–water partition coefficient (Wildman–Crippen LogP) is 2.67. The second kappa shape index (κ2) is 9.56. The molecule has 186 valence electrons. The fraction of sp³-hybridized carbons (Fsp3) is 0.625. The van der Waals surface area contributed by atoms with Crippen molar-refractivity contribution in [2.24, 2.45) is 5.92 Å². The highest BCUT2D eigenvalue weighted by Crippen LogP contribution is 2.43. The number of imide groups is 2. The first-order valence-electron chi connectivity index (χ1n) is 11.8. The van der Waals surface area contributed by atoms with Gasteiger partial charge in [-0.05, 0) is 82.6 Å². The smallest absolute Gasteiger partial charge is 0.331 e. The van der Waals surface area contributed by atoms with Crippen LogP contribution in [-0.4, -0.2) is 51.3 Å².